The van der Waals surface area contributed by atoms with Crippen LogP contribution in [0.5, 0.6) is 5.75 Å². The van der Waals surface area contributed by atoms with Crippen molar-refractivity contribution in [2.24, 2.45) is 0 Å². The van der Waals surface area contributed by atoms with Gasteiger partial charge in [0.1, 0.15) is 11.4 Å². The summed E-state index contributed by atoms with van der Waals surface area (Å²) in [5.74, 6) is -0.600. The number of halogens is 2. The fraction of sp³-hybridized carbons (Fsp3) is 0.400. The Hall–Kier alpha value is -1.72. The van der Waals surface area contributed by atoms with Gasteiger partial charge in [0.15, 0.2) is 0 Å². The molecule has 0 aliphatic rings. The van der Waals surface area contributed by atoms with Crippen LogP contribution in [0.2, 0.25) is 0 Å². The third-order valence-corrected chi connectivity index (χ3v) is 1.83. The number of nitrogens with zero attached hydrogens (tertiary/aromatic N) is 1. The molecule has 0 atom stereocenters. The van der Waals surface area contributed by atoms with E-state index in [9.17, 15) is 13.6 Å². The van der Waals surface area contributed by atoms with Gasteiger partial charge in [0.25, 0.3) is 6.43 Å². The third kappa shape index (κ3) is 2.65. The molecular weight excluding hydrogens is 220 g/mol. The predicted molar refractivity (Wildman–Crippen MR) is 51.7 cm³/mol. The lowest BCUT2D eigenvalue weighted by atomic mass is 10.2. The van der Waals surface area contributed by atoms with Crippen LogP contribution in [0.4, 0.5) is 8.78 Å². The van der Waals surface area contributed by atoms with Crippen molar-refractivity contribution < 1.29 is 23.0 Å². The quantitative estimate of drug-likeness (QED) is 0.745. The lowest BCUT2D eigenvalue weighted by Crippen LogP contribution is -2.10. The van der Waals surface area contributed by atoms with Crippen LogP contribution >= 0.6 is 0 Å². The van der Waals surface area contributed by atoms with Crippen molar-refractivity contribution in [1.29, 1.82) is 0 Å². The van der Waals surface area contributed by atoms with Crippen LogP contribution in [-0.2, 0) is 4.74 Å². The van der Waals surface area contributed by atoms with Crippen molar-refractivity contribution in [3.63, 3.8) is 0 Å². The fourth-order valence-electron chi connectivity index (χ4n) is 1.11. The number of aromatic nitrogens is 1. The minimum atomic E-state index is -2.83. The highest BCUT2D eigenvalue weighted by Gasteiger charge is 2.21. The molecule has 0 aliphatic heterocycles. The molecule has 0 amide bonds. The summed E-state index contributed by atoms with van der Waals surface area (Å²) in [7, 11) is 1.36. The first-order valence-electron chi connectivity index (χ1n) is 4.59. The molecule has 16 heavy (non-hydrogen) atoms. The molecule has 0 saturated carbocycles. The van der Waals surface area contributed by atoms with Crippen molar-refractivity contribution in [3.05, 3.63) is 23.5 Å². The van der Waals surface area contributed by atoms with Gasteiger partial charge in [0, 0.05) is 0 Å². The Morgan fingerprint density at radius 1 is 1.56 bits per heavy atom. The Labute approximate surface area is 91.2 Å². The van der Waals surface area contributed by atoms with Crippen molar-refractivity contribution in [3.8, 4) is 5.75 Å². The number of hydrogen-bond acceptors (Lipinski definition) is 4. The number of carbonyl (C=O) groups excluding carboxylic acids is 1. The van der Waals surface area contributed by atoms with E-state index in [4.69, 9.17) is 4.74 Å². The van der Waals surface area contributed by atoms with E-state index in [0.717, 1.165) is 6.20 Å². The van der Waals surface area contributed by atoms with Gasteiger partial charge in [-0.3, -0.25) is 4.98 Å². The number of ether oxygens (including phenoxy) is 2. The van der Waals surface area contributed by atoms with Crippen LogP contribution in [-0.4, -0.2) is 24.7 Å². The van der Waals surface area contributed by atoms with Gasteiger partial charge in [-0.25, -0.2) is 13.6 Å². The monoisotopic (exact) mass is 231 g/mol. The number of carbonyl (C=O) groups is 1. The molecule has 6 heteroatoms. The first-order chi connectivity index (χ1) is 7.60. The van der Waals surface area contributed by atoms with Crippen LogP contribution in [0.25, 0.3) is 0 Å². The zero-order valence-corrected chi connectivity index (χ0v) is 8.87. The van der Waals surface area contributed by atoms with E-state index in [-0.39, 0.29) is 17.9 Å². The maximum Gasteiger partial charge on any atom is 0.340 e. The minimum absolute atomic E-state index is 0.110. The topological polar surface area (TPSA) is 48.4 Å². The van der Waals surface area contributed by atoms with E-state index in [0.29, 0.717) is 0 Å². The molecule has 0 unspecified atom stereocenters. The summed E-state index contributed by atoms with van der Waals surface area (Å²) in [6.45, 7) is 1.70. The van der Waals surface area contributed by atoms with E-state index in [1.807, 2.05) is 0 Å². The first-order valence-corrected chi connectivity index (χ1v) is 4.59. The first kappa shape index (κ1) is 12.4. The fourth-order valence-corrected chi connectivity index (χ4v) is 1.11. The standard InChI is InChI=1S/C10H11F2NO3/c1-3-16-10(14)7-4-6(15-2)5-13-8(7)9(11)12/h4-5,9H,3H2,1-2H3. The number of hydrogen-bond donors (Lipinski definition) is 0. The maximum absolute atomic E-state index is 12.6. The van der Waals surface area contributed by atoms with Crippen molar-refractivity contribution in [2.75, 3.05) is 13.7 Å². The lowest BCUT2D eigenvalue weighted by Gasteiger charge is -2.08. The number of pyridine rings is 1. The molecule has 0 aromatic carbocycles. The average Bonchev–Trinajstić information content (AvgIpc) is 2.28. The highest BCUT2D eigenvalue weighted by molar-refractivity contribution is 5.91. The van der Waals surface area contributed by atoms with E-state index >= 15 is 0 Å². The summed E-state index contributed by atoms with van der Waals surface area (Å²) in [4.78, 5) is 14.9. The largest absolute Gasteiger partial charge is 0.495 e. The van der Waals surface area contributed by atoms with Gasteiger partial charge >= 0.3 is 5.97 Å². The SMILES string of the molecule is CCOC(=O)c1cc(OC)cnc1C(F)F. The average molecular weight is 231 g/mol. The van der Waals surface area contributed by atoms with E-state index < -0.39 is 18.1 Å². The molecule has 0 N–H and O–H groups in total. The molecule has 4 nitrogen and oxygen atoms in total. The molecule has 1 aromatic rings. The minimum Gasteiger partial charge on any atom is -0.495 e. The zero-order valence-electron chi connectivity index (χ0n) is 8.87. The number of methoxy groups -OCH3 is 1. The molecule has 1 heterocycles. The lowest BCUT2D eigenvalue weighted by molar-refractivity contribution is 0.0513. The normalized spacial score (nSPS) is 10.3. The molecular formula is C10H11F2NO3. The van der Waals surface area contributed by atoms with Crippen LogP contribution in [0.1, 0.15) is 29.4 Å². The number of rotatable bonds is 4. The summed E-state index contributed by atoms with van der Waals surface area (Å²) in [5, 5.41) is 0. The number of esters is 1. The molecule has 0 spiro atoms. The summed E-state index contributed by atoms with van der Waals surface area (Å²) in [6, 6.07) is 1.19. The Bertz CT molecular complexity index is 382. The summed E-state index contributed by atoms with van der Waals surface area (Å²) in [6.07, 6.45) is -1.70. The Balaban J connectivity index is 3.14. The van der Waals surface area contributed by atoms with Crippen molar-refractivity contribution in [2.45, 2.75) is 13.3 Å². The van der Waals surface area contributed by atoms with Gasteiger partial charge in [0.2, 0.25) is 0 Å². The van der Waals surface area contributed by atoms with Gasteiger partial charge in [-0.1, -0.05) is 0 Å². The van der Waals surface area contributed by atoms with Gasteiger partial charge in [-0.2, -0.15) is 0 Å². The molecule has 1 rings (SSSR count). The Morgan fingerprint density at radius 2 is 2.25 bits per heavy atom. The Kier molecular flexibility index (Phi) is 4.16. The summed E-state index contributed by atoms with van der Waals surface area (Å²) >= 11 is 0. The van der Waals surface area contributed by atoms with E-state index in [2.05, 4.69) is 9.72 Å². The van der Waals surface area contributed by atoms with E-state index in [1.54, 1.807) is 6.92 Å². The smallest absolute Gasteiger partial charge is 0.340 e. The highest BCUT2D eigenvalue weighted by atomic mass is 19.3. The van der Waals surface area contributed by atoms with Gasteiger partial charge < -0.3 is 9.47 Å². The zero-order chi connectivity index (χ0) is 12.1. The van der Waals surface area contributed by atoms with Gasteiger partial charge in [0.05, 0.1) is 25.5 Å². The predicted octanol–water partition coefficient (Wildman–Crippen LogP) is 2.20. The molecule has 0 bridgehead atoms. The molecule has 1 aromatic heterocycles. The second-order valence-electron chi connectivity index (χ2n) is 2.83. The molecule has 0 saturated heterocycles. The van der Waals surface area contributed by atoms with Crippen LogP contribution in [0.15, 0.2) is 12.3 Å². The van der Waals surface area contributed by atoms with Crippen molar-refractivity contribution in [1.82, 2.24) is 4.98 Å². The Morgan fingerprint density at radius 3 is 2.75 bits per heavy atom. The third-order valence-electron chi connectivity index (χ3n) is 1.83. The second kappa shape index (κ2) is 5.39. The number of alkyl halides is 2. The maximum atomic E-state index is 12.6. The van der Waals surface area contributed by atoms with Crippen LogP contribution < -0.4 is 4.74 Å². The van der Waals surface area contributed by atoms with Crippen LogP contribution in [0, 0.1) is 0 Å². The van der Waals surface area contributed by atoms with Crippen LogP contribution in [0.3, 0.4) is 0 Å². The summed E-state index contributed by atoms with van der Waals surface area (Å²) < 4.78 is 34.6. The molecule has 0 radical (unpaired) electrons. The van der Waals surface area contributed by atoms with Crippen molar-refractivity contribution >= 4 is 5.97 Å². The summed E-state index contributed by atoms with van der Waals surface area (Å²) in [5.41, 5.74) is -0.865. The molecule has 0 aliphatic carbocycles. The highest BCUT2D eigenvalue weighted by Crippen LogP contribution is 2.24. The second-order valence-corrected chi connectivity index (χ2v) is 2.83. The van der Waals surface area contributed by atoms with Gasteiger partial charge in [-0.05, 0) is 13.0 Å². The van der Waals surface area contributed by atoms with E-state index in [1.165, 1.54) is 13.2 Å². The molecule has 0 fully saturated rings. The van der Waals surface area contributed by atoms with Gasteiger partial charge in [-0.15, -0.1) is 0 Å². The molecule has 88 valence electrons.